The summed E-state index contributed by atoms with van der Waals surface area (Å²) in [5.74, 6) is -2.61. The average molecular weight is 478 g/mol. The molecule has 188 valence electrons. The number of rotatable bonds is 12. The molecule has 1 fully saturated rings. The lowest BCUT2D eigenvalue weighted by Crippen LogP contribution is -2.57. The Hall–Kier alpha value is -3.18. The van der Waals surface area contributed by atoms with Gasteiger partial charge in [0.05, 0.1) is 6.04 Å². The van der Waals surface area contributed by atoms with Gasteiger partial charge in [0.25, 0.3) is 0 Å². The third-order valence-corrected chi connectivity index (χ3v) is 5.81. The summed E-state index contributed by atoms with van der Waals surface area (Å²) in [5.41, 5.74) is 11.8. The molecule has 11 nitrogen and oxygen atoms in total. The summed E-state index contributed by atoms with van der Waals surface area (Å²) in [6.45, 7) is 2.21. The number of carboxylic acids is 1. The van der Waals surface area contributed by atoms with Crippen LogP contribution in [0.3, 0.4) is 0 Å². The molecule has 0 spiro atoms. The number of phenols is 1. The minimum absolute atomic E-state index is 0.0553. The zero-order chi connectivity index (χ0) is 25.3. The summed E-state index contributed by atoms with van der Waals surface area (Å²) in [7, 11) is 0. The van der Waals surface area contributed by atoms with Crippen LogP contribution in [0.15, 0.2) is 24.3 Å². The lowest BCUT2D eigenvalue weighted by molar-refractivity contribution is -0.149. The van der Waals surface area contributed by atoms with Gasteiger partial charge in [-0.1, -0.05) is 12.1 Å². The van der Waals surface area contributed by atoms with E-state index in [1.165, 1.54) is 24.0 Å². The molecule has 0 aliphatic carbocycles. The van der Waals surface area contributed by atoms with E-state index in [0.29, 0.717) is 44.2 Å². The Morgan fingerprint density at radius 3 is 2.32 bits per heavy atom. The number of hydrogen-bond donors (Lipinski definition) is 6. The number of unbranched alkanes of at least 4 members (excludes halogenated alkanes) is 1. The maximum atomic E-state index is 13.4. The van der Waals surface area contributed by atoms with Crippen LogP contribution in [0.1, 0.15) is 44.6 Å². The number of nitrogens with two attached hydrogens (primary N) is 2. The second-order valence-electron chi connectivity index (χ2n) is 8.59. The number of aromatic hydroxyl groups is 1. The molecule has 34 heavy (non-hydrogen) atoms. The number of carboxylic acid groups (broad SMARTS) is 1. The first-order valence-corrected chi connectivity index (χ1v) is 11.5. The topological polar surface area (TPSA) is 188 Å². The predicted octanol–water partition coefficient (Wildman–Crippen LogP) is -0.544. The number of nitrogens with one attached hydrogen (secondary N) is 2. The maximum Gasteiger partial charge on any atom is 0.326 e. The Morgan fingerprint density at radius 2 is 1.74 bits per heavy atom. The molecule has 4 atom stereocenters. The third-order valence-electron chi connectivity index (χ3n) is 5.81. The van der Waals surface area contributed by atoms with Crippen molar-refractivity contribution in [3.05, 3.63) is 29.8 Å². The monoisotopic (exact) mass is 477 g/mol. The van der Waals surface area contributed by atoms with E-state index >= 15 is 0 Å². The van der Waals surface area contributed by atoms with E-state index < -0.39 is 47.9 Å². The summed E-state index contributed by atoms with van der Waals surface area (Å²) in [4.78, 5) is 51.6. The van der Waals surface area contributed by atoms with Crippen LogP contribution in [0, 0.1) is 0 Å². The van der Waals surface area contributed by atoms with Crippen molar-refractivity contribution in [2.24, 2.45) is 11.5 Å². The Labute approximate surface area is 198 Å². The number of benzene rings is 1. The molecule has 0 aromatic heterocycles. The fraction of sp³-hybridized carbons (Fsp3) is 0.565. The van der Waals surface area contributed by atoms with Gasteiger partial charge in [-0.25, -0.2) is 4.79 Å². The SMILES string of the molecule is CC(N)C(=O)NC(CCCCN)C(=O)NC(Cc1ccc(O)cc1)C(=O)N1CCCC1C(=O)O. The van der Waals surface area contributed by atoms with Gasteiger partial charge in [-0.3, -0.25) is 14.4 Å². The molecule has 1 saturated heterocycles. The van der Waals surface area contributed by atoms with Crippen LogP contribution in [-0.4, -0.2) is 76.1 Å². The molecule has 0 radical (unpaired) electrons. The van der Waals surface area contributed by atoms with Gasteiger partial charge >= 0.3 is 5.97 Å². The zero-order valence-corrected chi connectivity index (χ0v) is 19.4. The molecule has 1 aliphatic rings. The summed E-state index contributed by atoms with van der Waals surface area (Å²) >= 11 is 0. The van der Waals surface area contributed by atoms with Crippen molar-refractivity contribution in [2.75, 3.05) is 13.1 Å². The minimum Gasteiger partial charge on any atom is -0.508 e. The van der Waals surface area contributed by atoms with Crippen LogP contribution in [0.2, 0.25) is 0 Å². The van der Waals surface area contributed by atoms with Crippen LogP contribution >= 0.6 is 0 Å². The largest absolute Gasteiger partial charge is 0.508 e. The molecule has 1 heterocycles. The van der Waals surface area contributed by atoms with Crippen molar-refractivity contribution in [2.45, 2.75) is 69.6 Å². The molecule has 2 rings (SSSR count). The van der Waals surface area contributed by atoms with Crippen LogP contribution in [0.5, 0.6) is 5.75 Å². The first-order chi connectivity index (χ1) is 16.1. The number of aliphatic carboxylic acids is 1. The minimum atomic E-state index is -1.09. The van der Waals surface area contributed by atoms with Crippen LogP contribution < -0.4 is 22.1 Å². The summed E-state index contributed by atoms with van der Waals surface area (Å²) in [6.07, 6.45) is 2.52. The Balaban J connectivity index is 2.25. The van der Waals surface area contributed by atoms with Gasteiger partial charge in [-0.05, 0) is 63.3 Å². The Kier molecular flexibility index (Phi) is 10.3. The molecule has 8 N–H and O–H groups in total. The van der Waals surface area contributed by atoms with Crippen molar-refractivity contribution in [3.8, 4) is 5.75 Å². The average Bonchev–Trinajstić information content (AvgIpc) is 3.29. The molecule has 11 heteroatoms. The Bertz CT molecular complexity index is 860. The highest BCUT2D eigenvalue weighted by Crippen LogP contribution is 2.20. The molecule has 0 saturated carbocycles. The fourth-order valence-corrected chi connectivity index (χ4v) is 3.89. The first kappa shape index (κ1) is 27.1. The number of amides is 3. The van der Waals surface area contributed by atoms with Crippen molar-refractivity contribution < 1.29 is 29.4 Å². The maximum absolute atomic E-state index is 13.4. The zero-order valence-electron chi connectivity index (χ0n) is 19.4. The van der Waals surface area contributed by atoms with E-state index in [0.717, 1.165) is 0 Å². The standard InChI is InChI=1S/C23H35N5O6/c1-14(25)20(30)26-17(5-2-3-11-24)21(31)27-18(13-15-7-9-16(29)10-8-15)22(32)28-12-4-6-19(28)23(33)34/h7-10,14,17-19,29H,2-6,11-13,24-25H2,1H3,(H,26,30)(H,27,31)(H,33,34). The number of likely N-dealkylation sites (tertiary alicyclic amines) is 1. The molecular weight excluding hydrogens is 442 g/mol. The van der Waals surface area contributed by atoms with Crippen molar-refractivity contribution in [1.82, 2.24) is 15.5 Å². The van der Waals surface area contributed by atoms with E-state index in [1.807, 2.05) is 0 Å². The second-order valence-corrected chi connectivity index (χ2v) is 8.59. The predicted molar refractivity (Wildman–Crippen MR) is 125 cm³/mol. The smallest absolute Gasteiger partial charge is 0.326 e. The van der Waals surface area contributed by atoms with E-state index in [-0.39, 0.29) is 18.7 Å². The van der Waals surface area contributed by atoms with Crippen LogP contribution in [-0.2, 0) is 25.6 Å². The lowest BCUT2D eigenvalue weighted by atomic mass is 10.0. The van der Waals surface area contributed by atoms with Crippen molar-refractivity contribution in [1.29, 1.82) is 0 Å². The number of hydrogen-bond acceptors (Lipinski definition) is 7. The number of carbonyl (C=O) groups excluding carboxylic acids is 3. The van der Waals surface area contributed by atoms with Gasteiger partial charge in [0.1, 0.15) is 23.9 Å². The van der Waals surface area contributed by atoms with E-state index in [9.17, 15) is 29.4 Å². The molecule has 1 aliphatic heterocycles. The van der Waals surface area contributed by atoms with Gasteiger partial charge in [-0.2, -0.15) is 0 Å². The highest BCUT2D eigenvalue weighted by atomic mass is 16.4. The Morgan fingerprint density at radius 1 is 1.09 bits per heavy atom. The van der Waals surface area contributed by atoms with Gasteiger partial charge in [0.2, 0.25) is 17.7 Å². The van der Waals surface area contributed by atoms with E-state index in [1.54, 1.807) is 12.1 Å². The number of phenolic OH excluding ortho intramolecular Hbond substituents is 1. The molecule has 4 unspecified atom stereocenters. The normalized spacial score (nSPS) is 18.1. The molecule has 1 aromatic carbocycles. The molecule has 0 bridgehead atoms. The summed E-state index contributed by atoms with van der Waals surface area (Å²) in [5, 5.41) is 24.4. The van der Waals surface area contributed by atoms with Crippen molar-refractivity contribution >= 4 is 23.7 Å². The summed E-state index contributed by atoms with van der Waals surface area (Å²) < 4.78 is 0. The van der Waals surface area contributed by atoms with Gasteiger partial charge < -0.3 is 37.2 Å². The molecule has 1 aromatic rings. The van der Waals surface area contributed by atoms with Gasteiger partial charge in [-0.15, -0.1) is 0 Å². The highest BCUT2D eigenvalue weighted by molar-refractivity contribution is 5.94. The third kappa shape index (κ3) is 7.70. The van der Waals surface area contributed by atoms with E-state index in [2.05, 4.69) is 10.6 Å². The first-order valence-electron chi connectivity index (χ1n) is 11.5. The number of carbonyl (C=O) groups is 4. The van der Waals surface area contributed by atoms with Crippen LogP contribution in [0.4, 0.5) is 0 Å². The van der Waals surface area contributed by atoms with Crippen molar-refractivity contribution in [3.63, 3.8) is 0 Å². The number of nitrogens with zero attached hydrogens (tertiary/aromatic N) is 1. The van der Waals surface area contributed by atoms with E-state index in [4.69, 9.17) is 11.5 Å². The molecular formula is C23H35N5O6. The van der Waals surface area contributed by atoms with Crippen LogP contribution in [0.25, 0.3) is 0 Å². The lowest BCUT2D eigenvalue weighted by Gasteiger charge is -2.29. The quantitative estimate of drug-likeness (QED) is 0.216. The second kappa shape index (κ2) is 12.9. The van der Waals surface area contributed by atoms with Gasteiger partial charge in [0, 0.05) is 13.0 Å². The van der Waals surface area contributed by atoms with Gasteiger partial charge in [0.15, 0.2) is 0 Å². The highest BCUT2D eigenvalue weighted by Gasteiger charge is 2.38. The fourth-order valence-electron chi connectivity index (χ4n) is 3.89. The molecule has 3 amide bonds. The summed E-state index contributed by atoms with van der Waals surface area (Å²) in [6, 6.07) is 2.43.